The summed E-state index contributed by atoms with van der Waals surface area (Å²) in [6, 6.07) is 5.80. The lowest BCUT2D eigenvalue weighted by Crippen LogP contribution is -2.40. The van der Waals surface area contributed by atoms with E-state index in [0.717, 1.165) is 18.4 Å². The molecule has 1 aromatic carbocycles. The van der Waals surface area contributed by atoms with Crippen molar-refractivity contribution in [1.29, 1.82) is 0 Å². The maximum atomic E-state index is 13.4. The van der Waals surface area contributed by atoms with Crippen molar-refractivity contribution < 1.29 is 9.18 Å². The van der Waals surface area contributed by atoms with E-state index in [-0.39, 0.29) is 17.8 Å². The van der Waals surface area contributed by atoms with Crippen molar-refractivity contribution in [2.24, 2.45) is 5.92 Å². The highest BCUT2D eigenvalue weighted by Crippen LogP contribution is 2.32. The molecule has 2 atom stereocenters. The van der Waals surface area contributed by atoms with E-state index in [1.807, 2.05) is 6.92 Å². The Morgan fingerprint density at radius 1 is 1.48 bits per heavy atom. The minimum absolute atomic E-state index is 0.134. The molecule has 1 fully saturated rings. The molecule has 23 heavy (non-hydrogen) atoms. The van der Waals surface area contributed by atoms with Crippen LogP contribution < -0.4 is 5.32 Å². The molecular formula is C16H20FN5O. The van der Waals surface area contributed by atoms with Crippen LogP contribution in [0.25, 0.3) is 0 Å². The van der Waals surface area contributed by atoms with Crippen molar-refractivity contribution in [3.8, 4) is 0 Å². The molecule has 122 valence electrons. The van der Waals surface area contributed by atoms with Gasteiger partial charge >= 0.3 is 0 Å². The smallest absolute Gasteiger partial charge is 0.245 e. The molecule has 1 aromatic heterocycles. The van der Waals surface area contributed by atoms with Gasteiger partial charge in [-0.25, -0.2) is 9.07 Å². The first-order valence-electron chi connectivity index (χ1n) is 7.84. The van der Waals surface area contributed by atoms with E-state index in [4.69, 9.17) is 0 Å². The highest BCUT2D eigenvalue weighted by molar-refractivity contribution is 5.80. The van der Waals surface area contributed by atoms with Gasteiger partial charge in [0.2, 0.25) is 5.91 Å². The van der Waals surface area contributed by atoms with Crippen molar-refractivity contribution in [1.82, 2.24) is 25.5 Å². The van der Waals surface area contributed by atoms with E-state index in [0.29, 0.717) is 18.2 Å². The second kappa shape index (κ2) is 6.44. The Morgan fingerprint density at radius 2 is 2.26 bits per heavy atom. The number of benzene rings is 1. The standard InChI is InChI=1S/C16H20FN5O/c1-10(13-6-7-13)18-16(23)15(22-11(2)19-20-21-22)9-12-4-3-5-14(17)8-12/h3-5,8,10,13,15H,6-7,9H2,1-2H3,(H,18,23)/t10-,15+/m0/s1. The lowest BCUT2D eigenvalue weighted by molar-refractivity contribution is -0.125. The van der Waals surface area contributed by atoms with Crippen LogP contribution in [0, 0.1) is 18.7 Å². The Morgan fingerprint density at radius 3 is 2.87 bits per heavy atom. The Kier molecular flexibility index (Phi) is 4.36. The van der Waals surface area contributed by atoms with Crippen molar-refractivity contribution in [2.75, 3.05) is 0 Å². The number of carbonyl (C=O) groups excluding carboxylic acids is 1. The Balaban J connectivity index is 1.81. The van der Waals surface area contributed by atoms with E-state index in [2.05, 4.69) is 20.8 Å². The predicted octanol–water partition coefficient (Wildman–Crippen LogP) is 1.82. The van der Waals surface area contributed by atoms with Gasteiger partial charge in [0.1, 0.15) is 17.7 Å². The number of halogens is 1. The van der Waals surface area contributed by atoms with Crippen molar-refractivity contribution in [2.45, 2.75) is 45.2 Å². The molecule has 6 nitrogen and oxygen atoms in total. The van der Waals surface area contributed by atoms with Crippen molar-refractivity contribution in [3.05, 3.63) is 41.5 Å². The average molecular weight is 317 g/mol. The molecule has 0 saturated heterocycles. The summed E-state index contributed by atoms with van der Waals surface area (Å²) < 4.78 is 14.9. The average Bonchev–Trinajstić information content (AvgIpc) is 3.28. The molecule has 0 spiro atoms. The van der Waals surface area contributed by atoms with Gasteiger partial charge in [-0.3, -0.25) is 4.79 Å². The van der Waals surface area contributed by atoms with E-state index in [1.54, 1.807) is 19.1 Å². The third-order valence-corrected chi connectivity index (χ3v) is 4.27. The summed E-state index contributed by atoms with van der Waals surface area (Å²) in [6.07, 6.45) is 2.65. The minimum Gasteiger partial charge on any atom is -0.351 e. The fourth-order valence-electron chi connectivity index (χ4n) is 2.74. The van der Waals surface area contributed by atoms with Gasteiger partial charge in [-0.2, -0.15) is 0 Å². The normalized spacial score (nSPS) is 16.8. The molecule has 7 heteroatoms. The molecule has 3 rings (SSSR count). The van der Waals surface area contributed by atoms with E-state index < -0.39 is 6.04 Å². The second-order valence-electron chi connectivity index (χ2n) is 6.16. The molecule has 0 aliphatic heterocycles. The van der Waals surface area contributed by atoms with Gasteiger partial charge < -0.3 is 5.32 Å². The summed E-state index contributed by atoms with van der Waals surface area (Å²) in [4.78, 5) is 12.7. The van der Waals surface area contributed by atoms with Gasteiger partial charge in [-0.15, -0.1) is 5.10 Å². The van der Waals surface area contributed by atoms with Crippen LogP contribution in [-0.4, -0.2) is 32.2 Å². The summed E-state index contributed by atoms with van der Waals surface area (Å²) in [5.41, 5.74) is 0.735. The number of amides is 1. The molecule has 1 N–H and O–H groups in total. The summed E-state index contributed by atoms with van der Waals surface area (Å²) in [6.45, 7) is 3.76. The fourth-order valence-corrected chi connectivity index (χ4v) is 2.74. The third kappa shape index (κ3) is 3.72. The number of hydrogen-bond acceptors (Lipinski definition) is 4. The van der Waals surface area contributed by atoms with Crippen LogP contribution in [0.15, 0.2) is 24.3 Å². The number of carbonyl (C=O) groups is 1. The lowest BCUT2D eigenvalue weighted by Gasteiger charge is -2.20. The summed E-state index contributed by atoms with van der Waals surface area (Å²) >= 11 is 0. The molecular weight excluding hydrogens is 297 g/mol. The number of hydrogen-bond donors (Lipinski definition) is 1. The molecule has 1 aliphatic carbocycles. The van der Waals surface area contributed by atoms with Gasteiger partial charge in [0.25, 0.3) is 0 Å². The molecule has 1 amide bonds. The van der Waals surface area contributed by atoms with Crippen LogP contribution in [0.2, 0.25) is 0 Å². The molecule has 0 unspecified atom stereocenters. The van der Waals surface area contributed by atoms with E-state index >= 15 is 0 Å². The maximum Gasteiger partial charge on any atom is 0.245 e. The van der Waals surface area contributed by atoms with Crippen LogP contribution in [-0.2, 0) is 11.2 Å². The molecule has 2 aromatic rings. The highest BCUT2D eigenvalue weighted by Gasteiger charge is 2.32. The SMILES string of the molecule is Cc1nnnn1[C@H](Cc1cccc(F)c1)C(=O)N[C@@H](C)C1CC1. The Labute approximate surface area is 134 Å². The lowest BCUT2D eigenvalue weighted by atomic mass is 10.0. The Hall–Kier alpha value is -2.31. The molecule has 1 aliphatic rings. The highest BCUT2D eigenvalue weighted by atomic mass is 19.1. The number of tetrazole rings is 1. The molecule has 1 heterocycles. The van der Waals surface area contributed by atoms with Crippen LogP contribution in [0.3, 0.4) is 0 Å². The van der Waals surface area contributed by atoms with Gasteiger partial charge in [0.05, 0.1) is 0 Å². The van der Waals surface area contributed by atoms with Gasteiger partial charge in [-0.05, 0) is 60.7 Å². The zero-order valence-corrected chi connectivity index (χ0v) is 13.2. The predicted molar refractivity (Wildman–Crippen MR) is 82.0 cm³/mol. The van der Waals surface area contributed by atoms with E-state index in [9.17, 15) is 9.18 Å². The number of rotatable bonds is 6. The van der Waals surface area contributed by atoms with Gasteiger partial charge in [0.15, 0.2) is 0 Å². The first-order valence-corrected chi connectivity index (χ1v) is 7.84. The van der Waals surface area contributed by atoms with Crippen molar-refractivity contribution >= 4 is 5.91 Å². The third-order valence-electron chi connectivity index (χ3n) is 4.27. The number of nitrogens with one attached hydrogen (secondary N) is 1. The molecule has 0 radical (unpaired) electrons. The molecule has 1 saturated carbocycles. The first-order chi connectivity index (χ1) is 11.0. The minimum atomic E-state index is -0.590. The summed E-state index contributed by atoms with van der Waals surface area (Å²) in [5, 5.41) is 14.4. The van der Waals surface area contributed by atoms with Crippen LogP contribution in [0.5, 0.6) is 0 Å². The second-order valence-corrected chi connectivity index (χ2v) is 6.16. The largest absolute Gasteiger partial charge is 0.351 e. The number of aryl methyl sites for hydroxylation is 1. The van der Waals surface area contributed by atoms with Crippen LogP contribution in [0.1, 0.15) is 37.2 Å². The van der Waals surface area contributed by atoms with Gasteiger partial charge in [-0.1, -0.05) is 12.1 Å². The first kappa shape index (κ1) is 15.6. The van der Waals surface area contributed by atoms with E-state index in [1.165, 1.54) is 16.8 Å². The van der Waals surface area contributed by atoms with Gasteiger partial charge in [0, 0.05) is 12.5 Å². The van der Waals surface area contributed by atoms with Crippen LogP contribution >= 0.6 is 0 Å². The fraction of sp³-hybridized carbons (Fsp3) is 0.500. The van der Waals surface area contributed by atoms with Crippen molar-refractivity contribution in [3.63, 3.8) is 0 Å². The maximum absolute atomic E-state index is 13.4. The quantitative estimate of drug-likeness (QED) is 0.882. The zero-order chi connectivity index (χ0) is 16.4. The Bertz CT molecular complexity index is 697. The monoisotopic (exact) mass is 317 g/mol. The van der Waals surface area contributed by atoms with Crippen LogP contribution in [0.4, 0.5) is 4.39 Å². The number of nitrogens with zero attached hydrogens (tertiary/aromatic N) is 4. The summed E-state index contributed by atoms with van der Waals surface area (Å²) in [7, 11) is 0. The number of aromatic nitrogens is 4. The zero-order valence-electron chi connectivity index (χ0n) is 13.2. The topological polar surface area (TPSA) is 72.7 Å². The summed E-state index contributed by atoms with van der Waals surface area (Å²) in [5.74, 6) is 0.662. The molecule has 0 bridgehead atoms.